The molecular weight excluding hydrogens is 364 g/mol. The highest BCUT2D eigenvalue weighted by molar-refractivity contribution is 5.86. The van der Waals surface area contributed by atoms with Gasteiger partial charge in [-0.15, -0.1) is 0 Å². The van der Waals surface area contributed by atoms with Crippen LogP contribution >= 0.6 is 0 Å². The largest absolute Gasteiger partial charge is 0.393 e. The van der Waals surface area contributed by atoms with E-state index in [-0.39, 0.29) is 16.9 Å². The summed E-state index contributed by atoms with van der Waals surface area (Å²) in [5, 5.41) is 14.4. The van der Waals surface area contributed by atoms with Gasteiger partial charge in [0.15, 0.2) is 0 Å². The predicted molar refractivity (Wildman–Crippen MR) is 114 cm³/mol. The van der Waals surface area contributed by atoms with Crippen molar-refractivity contribution in [2.75, 3.05) is 0 Å². The molecule has 0 saturated heterocycles. The molecular formula is C24H38N2O3. The van der Waals surface area contributed by atoms with Crippen molar-refractivity contribution in [3.63, 3.8) is 0 Å². The molecule has 0 aromatic heterocycles. The summed E-state index contributed by atoms with van der Waals surface area (Å²) >= 11 is 0. The van der Waals surface area contributed by atoms with Crippen LogP contribution in [0.2, 0.25) is 0 Å². The van der Waals surface area contributed by atoms with E-state index in [2.05, 4.69) is 25.1 Å². The van der Waals surface area contributed by atoms with Gasteiger partial charge in [-0.3, -0.25) is 0 Å². The molecule has 4 rings (SSSR count). The number of nitrogens with zero attached hydrogens (tertiary/aromatic N) is 1. The molecule has 0 bridgehead atoms. The maximum absolute atomic E-state index is 11.7. The molecule has 4 aliphatic carbocycles. The molecule has 0 heterocycles. The van der Waals surface area contributed by atoms with Crippen LogP contribution in [-0.4, -0.2) is 28.9 Å². The van der Waals surface area contributed by atoms with Gasteiger partial charge in [0, 0.05) is 5.92 Å². The van der Waals surface area contributed by atoms with Crippen molar-refractivity contribution in [3.05, 3.63) is 11.6 Å². The van der Waals surface area contributed by atoms with E-state index >= 15 is 0 Å². The van der Waals surface area contributed by atoms with Crippen LogP contribution in [0.1, 0.15) is 79.1 Å². The van der Waals surface area contributed by atoms with Gasteiger partial charge in [0.1, 0.15) is 6.04 Å². The summed E-state index contributed by atoms with van der Waals surface area (Å²) in [5.74, 6) is 2.06. The van der Waals surface area contributed by atoms with Crippen LogP contribution in [0.3, 0.4) is 0 Å². The van der Waals surface area contributed by atoms with E-state index in [0.717, 1.165) is 49.7 Å². The van der Waals surface area contributed by atoms with Crippen LogP contribution in [0, 0.1) is 34.5 Å². The number of carbonyl (C=O) groups excluding carboxylic acids is 1. The molecule has 4 aliphatic rings. The molecule has 5 unspecified atom stereocenters. The van der Waals surface area contributed by atoms with Crippen molar-refractivity contribution in [2.45, 2.75) is 91.2 Å². The molecule has 5 nitrogen and oxygen atoms in total. The number of carbonyl (C=O) groups is 1. The van der Waals surface area contributed by atoms with Crippen LogP contribution in [0.5, 0.6) is 0 Å². The van der Waals surface area contributed by atoms with Gasteiger partial charge in [0.05, 0.1) is 11.8 Å². The minimum atomic E-state index is -0.646. The normalized spacial score (nSPS) is 45.5. The standard InChI is InChI=1S/C24H38N2O3/c1-14(25)22(28)29-26-15(2)19-7-8-20-18-6-5-16-13-17(27)9-11-23(16,3)21(18)10-12-24(19,20)4/h5,14,17-21,27H,6-13,25H2,1-4H3/b26-15+/t14?,17?,18?,19-,20?,21?,23+,24-/m1/s1. The first-order valence-corrected chi connectivity index (χ1v) is 11.6. The molecule has 3 N–H and O–H groups in total. The van der Waals surface area contributed by atoms with Gasteiger partial charge in [-0.25, -0.2) is 4.79 Å². The zero-order chi connectivity index (χ0) is 21.0. The molecule has 3 fully saturated rings. The molecule has 0 aliphatic heterocycles. The highest BCUT2D eigenvalue weighted by Crippen LogP contribution is 2.66. The molecule has 0 aromatic rings. The van der Waals surface area contributed by atoms with E-state index < -0.39 is 12.0 Å². The number of aliphatic hydroxyl groups excluding tert-OH is 1. The number of hydrogen-bond acceptors (Lipinski definition) is 5. The van der Waals surface area contributed by atoms with Crippen LogP contribution in [0.25, 0.3) is 0 Å². The third-order valence-electron chi connectivity index (χ3n) is 9.23. The van der Waals surface area contributed by atoms with Crippen molar-refractivity contribution in [1.82, 2.24) is 0 Å². The smallest absolute Gasteiger partial charge is 0.351 e. The van der Waals surface area contributed by atoms with Crippen LogP contribution < -0.4 is 5.73 Å². The zero-order valence-corrected chi connectivity index (χ0v) is 18.5. The Labute approximate surface area is 175 Å². The van der Waals surface area contributed by atoms with Gasteiger partial charge in [0.25, 0.3) is 0 Å². The summed E-state index contributed by atoms with van der Waals surface area (Å²) in [6.07, 6.45) is 11.3. The molecule has 0 spiro atoms. The Kier molecular flexibility index (Phi) is 5.44. The minimum Gasteiger partial charge on any atom is -0.393 e. The third-order valence-corrected chi connectivity index (χ3v) is 9.23. The second-order valence-corrected chi connectivity index (χ2v) is 10.8. The van der Waals surface area contributed by atoms with Crippen molar-refractivity contribution in [1.29, 1.82) is 0 Å². The average Bonchev–Trinajstić information content (AvgIpc) is 3.03. The Morgan fingerprint density at radius 2 is 2.00 bits per heavy atom. The van der Waals surface area contributed by atoms with Gasteiger partial charge < -0.3 is 15.7 Å². The first-order valence-electron chi connectivity index (χ1n) is 11.6. The van der Waals surface area contributed by atoms with Gasteiger partial charge in [0.2, 0.25) is 0 Å². The summed E-state index contributed by atoms with van der Waals surface area (Å²) in [7, 11) is 0. The summed E-state index contributed by atoms with van der Waals surface area (Å²) in [6.45, 7) is 8.56. The zero-order valence-electron chi connectivity index (χ0n) is 18.5. The van der Waals surface area contributed by atoms with Crippen LogP contribution in [-0.2, 0) is 9.63 Å². The fraction of sp³-hybridized carbons (Fsp3) is 0.833. The first-order chi connectivity index (χ1) is 13.7. The van der Waals surface area contributed by atoms with Gasteiger partial charge in [-0.05, 0) is 93.8 Å². The molecule has 0 radical (unpaired) electrons. The second-order valence-electron chi connectivity index (χ2n) is 10.8. The monoisotopic (exact) mass is 402 g/mol. The van der Waals surface area contributed by atoms with Crippen molar-refractivity contribution >= 4 is 11.7 Å². The number of allylic oxidation sites excluding steroid dienone is 1. The van der Waals surface area contributed by atoms with E-state index in [1.807, 2.05) is 6.92 Å². The van der Waals surface area contributed by atoms with E-state index in [4.69, 9.17) is 10.6 Å². The third kappa shape index (κ3) is 3.38. The van der Waals surface area contributed by atoms with Gasteiger partial charge in [-0.2, -0.15) is 0 Å². The van der Waals surface area contributed by atoms with Crippen molar-refractivity contribution < 1.29 is 14.7 Å². The van der Waals surface area contributed by atoms with Gasteiger partial charge in [-0.1, -0.05) is 30.7 Å². The Morgan fingerprint density at radius 3 is 2.72 bits per heavy atom. The number of hydrogen-bond donors (Lipinski definition) is 2. The molecule has 162 valence electrons. The quantitative estimate of drug-likeness (QED) is 0.321. The molecule has 0 aromatic carbocycles. The van der Waals surface area contributed by atoms with Gasteiger partial charge >= 0.3 is 5.97 Å². The van der Waals surface area contributed by atoms with Crippen molar-refractivity contribution in [2.24, 2.45) is 45.4 Å². The minimum absolute atomic E-state index is 0.145. The Balaban J connectivity index is 1.54. The molecule has 3 saturated carbocycles. The van der Waals surface area contributed by atoms with E-state index in [1.165, 1.54) is 24.8 Å². The number of aliphatic hydroxyl groups is 1. The predicted octanol–water partition coefficient (Wildman–Crippen LogP) is 4.19. The fourth-order valence-electron chi connectivity index (χ4n) is 7.59. The first kappa shape index (κ1) is 21.0. The second kappa shape index (κ2) is 7.49. The summed E-state index contributed by atoms with van der Waals surface area (Å²) in [4.78, 5) is 16.8. The molecule has 5 heteroatoms. The average molecular weight is 403 g/mol. The van der Waals surface area contributed by atoms with Crippen molar-refractivity contribution in [3.8, 4) is 0 Å². The lowest BCUT2D eigenvalue weighted by molar-refractivity contribution is -0.144. The van der Waals surface area contributed by atoms with E-state index in [9.17, 15) is 9.90 Å². The Hall–Kier alpha value is -1.20. The summed E-state index contributed by atoms with van der Waals surface area (Å²) in [5.41, 5.74) is 8.56. The van der Waals surface area contributed by atoms with Crippen LogP contribution in [0.15, 0.2) is 16.8 Å². The maximum Gasteiger partial charge on any atom is 0.351 e. The SMILES string of the molecule is C/C(=N\OC(=O)C(C)N)[C@H]1CCC2C3CC=C4CC(O)CC[C@]4(C)C3CC[C@@]21C. The van der Waals surface area contributed by atoms with E-state index in [1.54, 1.807) is 6.92 Å². The Morgan fingerprint density at radius 1 is 1.24 bits per heavy atom. The molecule has 29 heavy (non-hydrogen) atoms. The number of nitrogens with two attached hydrogens (primary N) is 1. The number of oxime groups is 1. The molecule has 0 amide bonds. The number of fused-ring (bicyclic) bond motifs is 5. The lowest BCUT2D eigenvalue weighted by atomic mass is 9.47. The topological polar surface area (TPSA) is 84.9 Å². The Bertz CT molecular complexity index is 730. The highest BCUT2D eigenvalue weighted by atomic mass is 16.7. The summed E-state index contributed by atoms with van der Waals surface area (Å²) < 4.78 is 0. The summed E-state index contributed by atoms with van der Waals surface area (Å²) in [6, 6.07) is -0.646. The maximum atomic E-state index is 11.7. The lowest BCUT2D eigenvalue weighted by Crippen LogP contribution is -2.50. The van der Waals surface area contributed by atoms with Crippen LogP contribution in [0.4, 0.5) is 0 Å². The van der Waals surface area contributed by atoms with E-state index in [0.29, 0.717) is 11.8 Å². The number of rotatable bonds is 3. The lowest BCUT2D eigenvalue weighted by Gasteiger charge is -2.58. The molecule has 8 atom stereocenters. The highest BCUT2D eigenvalue weighted by Gasteiger charge is 2.59. The fourth-order valence-corrected chi connectivity index (χ4v) is 7.59.